The molecule has 0 saturated carbocycles. The van der Waals surface area contributed by atoms with Crippen molar-refractivity contribution in [2.45, 2.75) is 19.4 Å². The van der Waals surface area contributed by atoms with E-state index >= 15 is 0 Å². The lowest BCUT2D eigenvalue weighted by molar-refractivity contribution is -0.129. The molecule has 8 nitrogen and oxygen atoms in total. The molecule has 0 aliphatic rings. The van der Waals surface area contributed by atoms with Crippen molar-refractivity contribution in [2.75, 3.05) is 13.1 Å². The van der Waals surface area contributed by atoms with Gasteiger partial charge in [0.2, 0.25) is 17.7 Å². The molecule has 96 valence electrons. The fourth-order valence-electron chi connectivity index (χ4n) is 1.12. The molecule has 1 unspecified atom stereocenters. The first-order chi connectivity index (χ1) is 7.82. The summed E-state index contributed by atoms with van der Waals surface area (Å²) in [7, 11) is 0. The Morgan fingerprint density at radius 2 is 1.65 bits per heavy atom. The minimum Gasteiger partial charge on any atom is -0.370 e. The topological polar surface area (TPSA) is 144 Å². The van der Waals surface area contributed by atoms with Gasteiger partial charge in [-0.1, -0.05) is 0 Å². The van der Waals surface area contributed by atoms with E-state index in [2.05, 4.69) is 10.6 Å². The highest BCUT2D eigenvalue weighted by molar-refractivity contribution is 5.93. The maximum Gasteiger partial charge on any atom is 0.231 e. The van der Waals surface area contributed by atoms with Crippen LogP contribution in [0.15, 0.2) is 0 Å². The number of primary amides is 2. The minimum atomic E-state index is -0.981. The van der Waals surface area contributed by atoms with E-state index in [9.17, 15) is 19.2 Å². The average Bonchev–Trinajstić information content (AvgIpc) is 2.14. The van der Waals surface area contributed by atoms with Gasteiger partial charge in [0.05, 0.1) is 25.6 Å². The van der Waals surface area contributed by atoms with Gasteiger partial charge < -0.3 is 22.1 Å². The van der Waals surface area contributed by atoms with Crippen molar-refractivity contribution < 1.29 is 19.2 Å². The number of nitrogens with two attached hydrogens (primary N) is 2. The molecule has 0 aromatic carbocycles. The van der Waals surface area contributed by atoms with Gasteiger partial charge in [-0.3, -0.25) is 19.2 Å². The summed E-state index contributed by atoms with van der Waals surface area (Å²) in [4.78, 5) is 43.5. The lowest BCUT2D eigenvalue weighted by Crippen LogP contribution is -2.46. The fourth-order valence-corrected chi connectivity index (χ4v) is 1.12. The van der Waals surface area contributed by atoms with Gasteiger partial charge in [-0.05, 0) is 0 Å². The first-order valence-corrected chi connectivity index (χ1v) is 4.90. The second-order valence-corrected chi connectivity index (χ2v) is 3.46. The zero-order chi connectivity index (χ0) is 13.4. The first kappa shape index (κ1) is 15.0. The van der Waals surface area contributed by atoms with Crippen LogP contribution in [0.1, 0.15) is 13.3 Å². The van der Waals surface area contributed by atoms with E-state index in [-0.39, 0.29) is 19.5 Å². The molecule has 0 aliphatic carbocycles. The van der Waals surface area contributed by atoms with Gasteiger partial charge in [0.15, 0.2) is 5.78 Å². The minimum absolute atomic E-state index is 0.158. The standard InChI is InChI=1S/C9H16N4O4/c1-5(14)13-6(2-8(10)16)7(15)3-12-4-9(11)17/h6,12H,2-4H2,1H3,(H2,10,16)(H2,11,17)(H,13,14). The summed E-state index contributed by atoms with van der Waals surface area (Å²) in [5, 5.41) is 4.79. The smallest absolute Gasteiger partial charge is 0.231 e. The van der Waals surface area contributed by atoms with Crippen molar-refractivity contribution in [3.8, 4) is 0 Å². The molecule has 0 aliphatic heterocycles. The van der Waals surface area contributed by atoms with Crippen molar-refractivity contribution in [3.05, 3.63) is 0 Å². The third-order valence-corrected chi connectivity index (χ3v) is 1.77. The van der Waals surface area contributed by atoms with Gasteiger partial charge >= 0.3 is 0 Å². The molecule has 0 saturated heterocycles. The van der Waals surface area contributed by atoms with Crippen LogP contribution in [0.5, 0.6) is 0 Å². The maximum absolute atomic E-state index is 11.6. The summed E-state index contributed by atoms with van der Waals surface area (Å²) in [6.07, 6.45) is -0.281. The highest BCUT2D eigenvalue weighted by Gasteiger charge is 2.21. The highest BCUT2D eigenvalue weighted by Crippen LogP contribution is 1.93. The van der Waals surface area contributed by atoms with Gasteiger partial charge in [-0.15, -0.1) is 0 Å². The predicted molar refractivity (Wildman–Crippen MR) is 58.5 cm³/mol. The summed E-state index contributed by atoms with van der Waals surface area (Å²) < 4.78 is 0. The number of amides is 3. The summed E-state index contributed by atoms with van der Waals surface area (Å²) in [6, 6.07) is -0.981. The van der Waals surface area contributed by atoms with Crippen LogP contribution in [0.2, 0.25) is 0 Å². The third kappa shape index (κ3) is 7.91. The third-order valence-electron chi connectivity index (χ3n) is 1.77. The Balaban J connectivity index is 4.26. The van der Waals surface area contributed by atoms with Gasteiger partial charge in [0, 0.05) is 6.92 Å². The second kappa shape index (κ2) is 7.34. The van der Waals surface area contributed by atoms with E-state index in [4.69, 9.17) is 11.5 Å². The molecule has 0 rings (SSSR count). The van der Waals surface area contributed by atoms with Crippen molar-refractivity contribution in [2.24, 2.45) is 11.5 Å². The maximum atomic E-state index is 11.6. The van der Waals surface area contributed by atoms with Gasteiger partial charge in [-0.2, -0.15) is 0 Å². The normalized spacial score (nSPS) is 11.6. The SMILES string of the molecule is CC(=O)NC(CC(N)=O)C(=O)CNCC(N)=O. The molecule has 3 amide bonds. The Morgan fingerprint density at radius 3 is 2.06 bits per heavy atom. The molecule has 17 heavy (non-hydrogen) atoms. The van der Waals surface area contributed by atoms with Crippen molar-refractivity contribution in [1.82, 2.24) is 10.6 Å². The van der Waals surface area contributed by atoms with Gasteiger partial charge in [0.25, 0.3) is 0 Å². The Hall–Kier alpha value is -1.96. The van der Waals surface area contributed by atoms with E-state index in [1.807, 2.05) is 0 Å². The number of Topliss-reactive ketones (excluding diaryl/α,β-unsaturated/α-hetero) is 1. The zero-order valence-electron chi connectivity index (χ0n) is 9.49. The monoisotopic (exact) mass is 244 g/mol. The largest absolute Gasteiger partial charge is 0.370 e. The molecular weight excluding hydrogens is 228 g/mol. The van der Waals surface area contributed by atoms with Gasteiger partial charge in [-0.25, -0.2) is 0 Å². The average molecular weight is 244 g/mol. The van der Waals surface area contributed by atoms with Crippen LogP contribution in [0, 0.1) is 0 Å². The number of nitrogens with one attached hydrogen (secondary N) is 2. The van der Waals surface area contributed by atoms with Crippen LogP contribution in [0.25, 0.3) is 0 Å². The number of carbonyl (C=O) groups excluding carboxylic acids is 4. The molecule has 0 radical (unpaired) electrons. The number of hydrogen-bond donors (Lipinski definition) is 4. The molecule has 0 aromatic rings. The van der Waals surface area contributed by atoms with Crippen LogP contribution >= 0.6 is 0 Å². The predicted octanol–water partition coefficient (Wildman–Crippen LogP) is -2.99. The highest BCUT2D eigenvalue weighted by atomic mass is 16.2. The lowest BCUT2D eigenvalue weighted by Gasteiger charge is -2.15. The molecule has 6 N–H and O–H groups in total. The number of hydrogen-bond acceptors (Lipinski definition) is 5. The first-order valence-electron chi connectivity index (χ1n) is 4.90. The molecule has 1 atom stereocenters. The number of ketones is 1. The molecule has 0 fully saturated rings. The Morgan fingerprint density at radius 1 is 1.06 bits per heavy atom. The van der Waals surface area contributed by atoms with E-state index in [1.165, 1.54) is 6.92 Å². The molecule has 0 bridgehead atoms. The fraction of sp³-hybridized carbons (Fsp3) is 0.556. The van der Waals surface area contributed by atoms with E-state index in [0.29, 0.717) is 0 Å². The summed E-state index contributed by atoms with van der Waals surface area (Å²) in [5.74, 6) is -2.20. The van der Waals surface area contributed by atoms with E-state index in [1.54, 1.807) is 0 Å². The van der Waals surface area contributed by atoms with Crippen molar-refractivity contribution in [3.63, 3.8) is 0 Å². The number of rotatable bonds is 8. The van der Waals surface area contributed by atoms with E-state index in [0.717, 1.165) is 0 Å². The van der Waals surface area contributed by atoms with Crippen molar-refractivity contribution >= 4 is 23.5 Å². The number of carbonyl (C=O) groups is 4. The molecular formula is C9H16N4O4. The van der Waals surface area contributed by atoms with Crippen LogP contribution in [-0.4, -0.2) is 42.6 Å². The molecule has 8 heteroatoms. The van der Waals surface area contributed by atoms with Crippen LogP contribution < -0.4 is 22.1 Å². The van der Waals surface area contributed by atoms with Gasteiger partial charge in [0.1, 0.15) is 0 Å². The second-order valence-electron chi connectivity index (χ2n) is 3.46. The van der Waals surface area contributed by atoms with Crippen molar-refractivity contribution in [1.29, 1.82) is 0 Å². The molecule has 0 heterocycles. The van der Waals surface area contributed by atoms with Crippen LogP contribution in [0.3, 0.4) is 0 Å². The van der Waals surface area contributed by atoms with Crippen LogP contribution in [0.4, 0.5) is 0 Å². The van der Waals surface area contributed by atoms with Crippen LogP contribution in [-0.2, 0) is 19.2 Å². The van der Waals surface area contributed by atoms with E-state index < -0.39 is 29.5 Å². The molecule has 0 aromatic heterocycles. The quantitative estimate of drug-likeness (QED) is 0.360. The Bertz CT molecular complexity index is 313. The Kier molecular flexibility index (Phi) is 6.49. The zero-order valence-corrected chi connectivity index (χ0v) is 9.49. The summed E-state index contributed by atoms with van der Waals surface area (Å²) in [6.45, 7) is 0.883. The summed E-state index contributed by atoms with van der Waals surface area (Å²) in [5.41, 5.74) is 9.81. The Labute approximate surface area is 98.1 Å². The lowest BCUT2D eigenvalue weighted by atomic mass is 10.1. The molecule has 0 spiro atoms. The summed E-state index contributed by atoms with van der Waals surface area (Å²) >= 11 is 0.